The van der Waals surface area contributed by atoms with Gasteiger partial charge in [-0.2, -0.15) is 0 Å². The largest absolute Gasteiger partial charge is 0.392 e. The molecule has 2 aliphatic heterocycles. The smallest absolute Gasteiger partial charge is 0.243 e. The lowest BCUT2D eigenvalue weighted by atomic mass is 9.98. The van der Waals surface area contributed by atoms with E-state index in [0.29, 0.717) is 25.8 Å². The maximum atomic E-state index is 12.5. The molecule has 4 aromatic rings. The van der Waals surface area contributed by atoms with Gasteiger partial charge in [-0.15, -0.1) is 0 Å². The number of benzene rings is 4. The van der Waals surface area contributed by atoms with E-state index in [9.17, 15) is 14.7 Å². The fourth-order valence-corrected chi connectivity index (χ4v) is 7.26. The van der Waals surface area contributed by atoms with Crippen LogP contribution in [0.2, 0.25) is 0 Å². The van der Waals surface area contributed by atoms with Crippen molar-refractivity contribution in [2.75, 3.05) is 32.7 Å². The van der Waals surface area contributed by atoms with Crippen LogP contribution in [-0.4, -0.2) is 70.8 Å². The fraction of sp³-hybridized carbons (Fsp3) is 0.409. The third kappa shape index (κ3) is 11.8. The van der Waals surface area contributed by atoms with Gasteiger partial charge in [0, 0.05) is 70.6 Å². The molecular formula is C44H54N4O6. The number of aliphatic hydroxyl groups excluding tert-OH is 1. The van der Waals surface area contributed by atoms with Crippen molar-refractivity contribution in [3.8, 4) is 11.1 Å². The number of nitrogens with zero attached hydrogens (tertiary/aromatic N) is 2. The number of amides is 2. The molecule has 3 atom stereocenters. The highest BCUT2D eigenvalue weighted by molar-refractivity contribution is 5.76. The topological polar surface area (TPSA) is 124 Å². The number of rotatable bonds is 17. The molecular weight excluding hydrogens is 681 g/mol. The molecule has 2 aliphatic rings. The summed E-state index contributed by atoms with van der Waals surface area (Å²) in [6.45, 7) is 6.34. The van der Waals surface area contributed by atoms with Crippen LogP contribution in [0.15, 0.2) is 103 Å². The van der Waals surface area contributed by atoms with E-state index in [1.165, 1.54) is 5.56 Å². The molecule has 10 nitrogen and oxygen atoms in total. The first-order valence-electron chi connectivity index (χ1n) is 19.3. The Morgan fingerprint density at radius 1 is 0.667 bits per heavy atom. The minimum atomic E-state index is -0.513. The van der Waals surface area contributed by atoms with Gasteiger partial charge in [0.15, 0.2) is 6.29 Å². The van der Waals surface area contributed by atoms with E-state index in [1.807, 2.05) is 24.3 Å². The summed E-state index contributed by atoms with van der Waals surface area (Å²) in [6, 6.07) is 35.3. The van der Waals surface area contributed by atoms with Crippen molar-refractivity contribution < 1.29 is 29.4 Å². The molecule has 0 saturated carbocycles. The zero-order valence-electron chi connectivity index (χ0n) is 31.1. The average Bonchev–Trinajstić information content (AvgIpc) is 3.22. The van der Waals surface area contributed by atoms with Gasteiger partial charge in [-0.05, 0) is 52.3 Å². The van der Waals surface area contributed by atoms with Gasteiger partial charge in [0.25, 0.3) is 0 Å². The van der Waals surface area contributed by atoms with Crippen LogP contribution in [0.5, 0.6) is 0 Å². The van der Waals surface area contributed by atoms with Crippen molar-refractivity contribution in [1.29, 1.82) is 0 Å². The monoisotopic (exact) mass is 734 g/mol. The first-order valence-corrected chi connectivity index (χ1v) is 19.3. The summed E-state index contributed by atoms with van der Waals surface area (Å²) < 4.78 is 13.3. The number of piperazine rings is 1. The lowest BCUT2D eigenvalue weighted by Crippen LogP contribution is -2.49. The molecule has 54 heavy (non-hydrogen) atoms. The molecule has 0 bridgehead atoms. The van der Waals surface area contributed by atoms with Gasteiger partial charge in [-0.25, -0.2) is 5.48 Å². The second kappa shape index (κ2) is 20.3. The molecule has 0 aliphatic carbocycles. The van der Waals surface area contributed by atoms with Gasteiger partial charge in [0.1, 0.15) is 0 Å². The number of hydroxylamine groups is 1. The number of hydrogen-bond donors (Lipinski definition) is 4. The van der Waals surface area contributed by atoms with Crippen molar-refractivity contribution in [2.45, 2.75) is 83.1 Å². The van der Waals surface area contributed by atoms with Gasteiger partial charge < -0.3 is 19.9 Å². The number of unbranched alkanes of at least 4 members (excludes halogenated alkanes) is 3. The highest BCUT2D eigenvalue weighted by Crippen LogP contribution is 2.39. The Bertz CT molecular complexity index is 1750. The summed E-state index contributed by atoms with van der Waals surface area (Å²) in [7, 11) is 0. The quantitative estimate of drug-likeness (QED) is 0.0539. The molecule has 10 heteroatoms. The molecule has 0 spiro atoms. The average molecular weight is 735 g/mol. The molecule has 4 N–H and O–H groups in total. The zero-order valence-corrected chi connectivity index (χ0v) is 31.1. The zero-order chi connectivity index (χ0) is 37.5. The highest BCUT2D eigenvalue weighted by atomic mass is 16.7. The maximum absolute atomic E-state index is 12.5. The predicted molar refractivity (Wildman–Crippen MR) is 208 cm³/mol. The number of nitrogens with one attached hydrogen (secondary N) is 2. The molecule has 0 aromatic heterocycles. The van der Waals surface area contributed by atoms with Crippen molar-refractivity contribution in [2.24, 2.45) is 0 Å². The minimum absolute atomic E-state index is 0.00129. The summed E-state index contributed by atoms with van der Waals surface area (Å²) in [5.41, 5.74) is 9.09. The molecule has 2 fully saturated rings. The van der Waals surface area contributed by atoms with Crippen LogP contribution in [0.1, 0.15) is 85.2 Å². The molecule has 4 aromatic carbocycles. The molecule has 2 amide bonds. The first-order chi connectivity index (χ1) is 26.4. The molecule has 3 unspecified atom stereocenters. The lowest BCUT2D eigenvalue weighted by molar-refractivity contribution is -0.253. The summed E-state index contributed by atoms with van der Waals surface area (Å²) in [5, 5.41) is 21.2. The molecule has 286 valence electrons. The molecule has 6 rings (SSSR count). The van der Waals surface area contributed by atoms with Gasteiger partial charge in [0.05, 0.1) is 18.8 Å². The highest BCUT2D eigenvalue weighted by Gasteiger charge is 2.34. The van der Waals surface area contributed by atoms with E-state index < -0.39 is 6.29 Å². The number of aliphatic hydroxyl groups is 1. The van der Waals surface area contributed by atoms with Crippen molar-refractivity contribution in [3.05, 3.63) is 131 Å². The fourth-order valence-electron chi connectivity index (χ4n) is 7.26. The van der Waals surface area contributed by atoms with Crippen molar-refractivity contribution in [1.82, 2.24) is 20.6 Å². The van der Waals surface area contributed by atoms with Gasteiger partial charge in [0.2, 0.25) is 11.8 Å². The maximum Gasteiger partial charge on any atom is 0.243 e. The van der Waals surface area contributed by atoms with E-state index in [2.05, 4.69) is 94.0 Å². The molecule has 2 saturated heterocycles. The van der Waals surface area contributed by atoms with Gasteiger partial charge in [-0.1, -0.05) is 110 Å². The minimum Gasteiger partial charge on any atom is -0.392 e. The Labute approximate surface area is 319 Å². The van der Waals surface area contributed by atoms with E-state index in [1.54, 1.807) is 5.48 Å². The van der Waals surface area contributed by atoms with Gasteiger partial charge in [-0.3, -0.25) is 24.6 Å². The standard InChI is InChI=1S/C44H54N4O6/c49-32-34-15-17-37(18-16-34)41-28-40(31-48-25-23-47(24-26-48)30-33-9-4-3-5-10-33)53-44(54-41)38-21-19-36(20-22-38)39-12-8-11-35(27-39)29-45-42(50)13-6-1-2-7-14-43(51)46-52/h3-5,8-12,15-22,27,40-41,44,49,52H,1-2,6-7,13-14,23-26,28-32H2,(H,45,50)(H,46,51). The van der Waals surface area contributed by atoms with E-state index in [0.717, 1.165) is 98.3 Å². The van der Waals surface area contributed by atoms with Crippen LogP contribution in [-0.2, 0) is 38.8 Å². The lowest BCUT2D eigenvalue weighted by Gasteiger charge is -2.40. The van der Waals surface area contributed by atoms with E-state index >= 15 is 0 Å². The summed E-state index contributed by atoms with van der Waals surface area (Å²) in [6.07, 6.45) is 4.00. The molecule has 0 radical (unpaired) electrons. The SMILES string of the molecule is O=C(CCCCCCC(=O)NCc1cccc(-c2ccc(C3OC(CN4CCN(Cc5ccccc5)CC4)CC(c4ccc(CO)cc4)O3)cc2)c1)NO. The van der Waals surface area contributed by atoms with E-state index in [4.69, 9.17) is 14.7 Å². The number of carbonyl (C=O) groups excluding carboxylic acids is 2. The van der Waals surface area contributed by atoms with Crippen LogP contribution >= 0.6 is 0 Å². The van der Waals surface area contributed by atoms with Crippen molar-refractivity contribution >= 4 is 11.8 Å². The van der Waals surface area contributed by atoms with Crippen LogP contribution in [0.25, 0.3) is 11.1 Å². The summed E-state index contributed by atoms with van der Waals surface area (Å²) in [5.74, 6) is -0.366. The van der Waals surface area contributed by atoms with Gasteiger partial charge >= 0.3 is 0 Å². The van der Waals surface area contributed by atoms with E-state index in [-0.39, 0.29) is 30.6 Å². The second-order valence-corrected chi connectivity index (χ2v) is 14.5. The Morgan fingerprint density at radius 2 is 1.33 bits per heavy atom. The van der Waals surface area contributed by atoms with Crippen LogP contribution in [0, 0.1) is 0 Å². The van der Waals surface area contributed by atoms with Crippen LogP contribution in [0.3, 0.4) is 0 Å². The van der Waals surface area contributed by atoms with Crippen LogP contribution in [0.4, 0.5) is 0 Å². The normalized spacial score (nSPS) is 19.3. The van der Waals surface area contributed by atoms with Crippen LogP contribution < -0.4 is 10.8 Å². The number of hydrogen-bond acceptors (Lipinski definition) is 8. The second-order valence-electron chi connectivity index (χ2n) is 14.5. The van der Waals surface area contributed by atoms with Crippen molar-refractivity contribution in [3.63, 3.8) is 0 Å². The summed E-state index contributed by atoms with van der Waals surface area (Å²) in [4.78, 5) is 28.6. The Morgan fingerprint density at radius 3 is 2.04 bits per heavy atom. The first kappa shape index (κ1) is 39.3. The number of ether oxygens (including phenoxy) is 2. The Kier molecular flexibility index (Phi) is 14.8. The number of carbonyl (C=O) groups is 2. The molecule has 2 heterocycles. The predicted octanol–water partition coefficient (Wildman–Crippen LogP) is 6.67. The third-order valence-electron chi connectivity index (χ3n) is 10.4. The summed E-state index contributed by atoms with van der Waals surface area (Å²) >= 11 is 0. The Balaban J connectivity index is 1.04. The third-order valence-corrected chi connectivity index (χ3v) is 10.4. The Hall–Kier alpha value is -4.42.